The summed E-state index contributed by atoms with van der Waals surface area (Å²) in [6.45, 7) is 3.49. The van der Waals surface area contributed by atoms with Gasteiger partial charge >= 0.3 is 0 Å². The summed E-state index contributed by atoms with van der Waals surface area (Å²) in [6.07, 6.45) is 0.727. The second-order valence-corrected chi connectivity index (χ2v) is 11.3. The maximum absolute atomic E-state index is 14.0. The molecule has 0 aliphatic carbocycles. The highest BCUT2D eigenvalue weighted by Gasteiger charge is 2.33. The second kappa shape index (κ2) is 14.0. The van der Waals surface area contributed by atoms with E-state index in [2.05, 4.69) is 5.32 Å². The van der Waals surface area contributed by atoms with Crippen molar-refractivity contribution >= 4 is 39.1 Å². The van der Waals surface area contributed by atoms with Gasteiger partial charge in [0, 0.05) is 18.1 Å². The fourth-order valence-corrected chi connectivity index (χ4v) is 5.54. The first-order valence-corrected chi connectivity index (χ1v) is 14.6. The molecule has 214 valence electrons. The number of halogens is 1. The number of hydrogen-bond acceptors (Lipinski definition) is 6. The summed E-state index contributed by atoms with van der Waals surface area (Å²) in [5.41, 5.74) is 0.915. The predicted molar refractivity (Wildman–Crippen MR) is 155 cm³/mol. The largest absolute Gasteiger partial charge is 0.497 e. The Bertz CT molecular complexity index is 1400. The van der Waals surface area contributed by atoms with Gasteiger partial charge in [-0.15, -0.1) is 0 Å². The Morgan fingerprint density at radius 1 is 0.950 bits per heavy atom. The molecule has 3 rings (SSSR count). The number of nitrogens with one attached hydrogen (secondary N) is 1. The van der Waals surface area contributed by atoms with E-state index in [1.165, 1.54) is 43.4 Å². The van der Waals surface area contributed by atoms with Crippen LogP contribution >= 0.6 is 11.6 Å². The smallest absolute Gasteiger partial charge is 0.264 e. The van der Waals surface area contributed by atoms with Crippen molar-refractivity contribution in [2.75, 3.05) is 31.6 Å². The highest BCUT2D eigenvalue weighted by atomic mass is 35.5. The summed E-state index contributed by atoms with van der Waals surface area (Å²) < 4.78 is 39.5. The van der Waals surface area contributed by atoms with Crippen LogP contribution in [0.2, 0.25) is 5.02 Å². The summed E-state index contributed by atoms with van der Waals surface area (Å²) in [7, 11) is -1.34. The molecule has 0 unspecified atom stereocenters. The zero-order chi connectivity index (χ0) is 29.3. The third kappa shape index (κ3) is 7.45. The third-order valence-corrected chi connectivity index (χ3v) is 8.29. The number of hydrogen-bond donors (Lipinski definition) is 1. The lowest BCUT2D eigenvalue weighted by atomic mass is 10.1. The number of carbonyl (C=O) groups is 2. The number of sulfonamides is 1. The average molecular weight is 588 g/mol. The first-order valence-electron chi connectivity index (χ1n) is 12.7. The third-order valence-electron chi connectivity index (χ3n) is 6.26. The number of anilines is 1. The Balaban J connectivity index is 2.05. The van der Waals surface area contributed by atoms with E-state index in [4.69, 9.17) is 21.1 Å². The van der Waals surface area contributed by atoms with Gasteiger partial charge < -0.3 is 19.7 Å². The molecular formula is C29H34ClN3O6S. The number of amides is 2. The van der Waals surface area contributed by atoms with E-state index >= 15 is 0 Å². The topological polar surface area (TPSA) is 105 Å². The van der Waals surface area contributed by atoms with Crippen LogP contribution in [-0.4, -0.2) is 58.5 Å². The number of nitrogens with zero attached hydrogens (tertiary/aromatic N) is 2. The van der Waals surface area contributed by atoms with Crippen molar-refractivity contribution in [2.45, 2.75) is 37.8 Å². The molecule has 1 atom stereocenters. The van der Waals surface area contributed by atoms with E-state index < -0.39 is 28.5 Å². The number of methoxy groups -OCH3 is 2. The van der Waals surface area contributed by atoms with Crippen LogP contribution in [0.1, 0.15) is 25.8 Å². The van der Waals surface area contributed by atoms with E-state index in [0.29, 0.717) is 17.3 Å². The Morgan fingerprint density at radius 3 is 2.20 bits per heavy atom. The lowest BCUT2D eigenvalue weighted by Gasteiger charge is -2.32. The number of carbonyl (C=O) groups excluding carboxylic acids is 2. The van der Waals surface area contributed by atoms with Crippen LogP contribution in [0.15, 0.2) is 77.7 Å². The first kappa shape index (κ1) is 30.8. The Hall–Kier alpha value is -3.76. The van der Waals surface area contributed by atoms with Gasteiger partial charge in [-0.3, -0.25) is 13.9 Å². The highest BCUT2D eigenvalue weighted by molar-refractivity contribution is 7.92. The second-order valence-electron chi connectivity index (χ2n) is 8.97. The van der Waals surface area contributed by atoms with Crippen LogP contribution in [0.5, 0.6) is 11.5 Å². The molecule has 0 spiro atoms. The van der Waals surface area contributed by atoms with Crippen LogP contribution in [0.4, 0.5) is 5.69 Å². The van der Waals surface area contributed by atoms with Crippen LogP contribution in [0, 0.1) is 0 Å². The SMILES string of the molecule is CCCNC(=O)[C@@H](C)N(Cc1ccc(Cl)cc1)C(=O)CN(c1ccccc1OC)S(=O)(=O)c1ccc(OC)cc1. The van der Waals surface area contributed by atoms with Crippen molar-refractivity contribution < 1.29 is 27.5 Å². The van der Waals surface area contributed by atoms with Crippen molar-refractivity contribution in [3.8, 4) is 11.5 Å². The minimum atomic E-state index is -4.25. The molecule has 9 nitrogen and oxygen atoms in total. The summed E-state index contributed by atoms with van der Waals surface area (Å²) in [5.74, 6) is -0.159. The van der Waals surface area contributed by atoms with Crippen molar-refractivity contribution in [1.82, 2.24) is 10.2 Å². The molecule has 0 aliphatic rings. The maximum atomic E-state index is 14.0. The molecule has 11 heteroatoms. The quantitative estimate of drug-likeness (QED) is 0.316. The van der Waals surface area contributed by atoms with Gasteiger partial charge in [0.25, 0.3) is 10.0 Å². The van der Waals surface area contributed by atoms with Gasteiger partial charge in [-0.05, 0) is 67.4 Å². The van der Waals surface area contributed by atoms with Gasteiger partial charge in [0.15, 0.2) is 0 Å². The van der Waals surface area contributed by atoms with Crippen LogP contribution in [-0.2, 0) is 26.2 Å². The molecule has 1 N–H and O–H groups in total. The predicted octanol–water partition coefficient (Wildman–Crippen LogP) is 4.50. The molecule has 0 fully saturated rings. The zero-order valence-corrected chi connectivity index (χ0v) is 24.5. The number of ether oxygens (including phenoxy) is 2. The maximum Gasteiger partial charge on any atom is 0.264 e. The lowest BCUT2D eigenvalue weighted by Crippen LogP contribution is -2.51. The molecule has 3 aromatic rings. The molecule has 40 heavy (non-hydrogen) atoms. The summed E-state index contributed by atoms with van der Waals surface area (Å²) >= 11 is 6.04. The van der Waals surface area contributed by atoms with Crippen LogP contribution < -0.4 is 19.1 Å². The molecule has 0 saturated heterocycles. The normalized spacial score (nSPS) is 11.8. The number of benzene rings is 3. The minimum Gasteiger partial charge on any atom is -0.497 e. The summed E-state index contributed by atoms with van der Waals surface area (Å²) in [4.78, 5) is 28.2. The number of rotatable bonds is 13. The molecule has 0 saturated carbocycles. The van der Waals surface area contributed by atoms with E-state index in [9.17, 15) is 18.0 Å². The molecule has 0 bridgehead atoms. The van der Waals surface area contributed by atoms with E-state index in [-0.39, 0.29) is 28.8 Å². The molecule has 0 aromatic heterocycles. The van der Waals surface area contributed by atoms with Crippen molar-refractivity contribution in [2.24, 2.45) is 0 Å². The van der Waals surface area contributed by atoms with Gasteiger partial charge in [0.2, 0.25) is 11.8 Å². The minimum absolute atomic E-state index is 0.0370. The van der Waals surface area contributed by atoms with Gasteiger partial charge in [-0.2, -0.15) is 0 Å². The fourth-order valence-electron chi connectivity index (χ4n) is 3.99. The average Bonchev–Trinajstić information content (AvgIpc) is 2.97. The molecular weight excluding hydrogens is 554 g/mol. The lowest BCUT2D eigenvalue weighted by molar-refractivity contribution is -0.139. The molecule has 2 amide bonds. The van der Waals surface area contributed by atoms with E-state index in [1.54, 1.807) is 55.5 Å². The van der Waals surface area contributed by atoms with E-state index in [1.807, 2.05) is 6.92 Å². The van der Waals surface area contributed by atoms with Gasteiger partial charge in [0.1, 0.15) is 24.1 Å². The molecule has 0 radical (unpaired) electrons. The number of para-hydroxylation sites is 2. The Kier molecular flexibility index (Phi) is 10.8. The first-order chi connectivity index (χ1) is 19.1. The molecule has 3 aromatic carbocycles. The van der Waals surface area contributed by atoms with Crippen molar-refractivity contribution in [1.29, 1.82) is 0 Å². The zero-order valence-electron chi connectivity index (χ0n) is 23.0. The summed E-state index contributed by atoms with van der Waals surface area (Å²) in [5, 5.41) is 3.35. The van der Waals surface area contributed by atoms with Gasteiger partial charge in [0.05, 0.1) is 24.8 Å². The van der Waals surface area contributed by atoms with E-state index in [0.717, 1.165) is 16.3 Å². The van der Waals surface area contributed by atoms with Crippen molar-refractivity contribution in [3.63, 3.8) is 0 Å². The van der Waals surface area contributed by atoms with Crippen LogP contribution in [0.3, 0.4) is 0 Å². The van der Waals surface area contributed by atoms with Gasteiger partial charge in [-0.1, -0.05) is 42.8 Å². The Morgan fingerprint density at radius 2 is 1.60 bits per heavy atom. The summed E-state index contributed by atoms with van der Waals surface area (Å²) in [6, 6.07) is 18.4. The van der Waals surface area contributed by atoms with Gasteiger partial charge in [-0.25, -0.2) is 8.42 Å². The molecule has 0 heterocycles. The standard InChI is InChI=1S/C29H34ClN3O6S/c1-5-18-31-29(35)21(2)32(19-22-10-12-23(30)13-11-22)28(34)20-33(26-8-6-7-9-27(26)39-4)40(36,37)25-16-14-24(38-3)15-17-25/h6-17,21H,5,18-20H2,1-4H3,(H,31,35)/t21-/m1/s1. The van der Waals surface area contributed by atoms with Crippen LogP contribution in [0.25, 0.3) is 0 Å². The van der Waals surface area contributed by atoms with Crippen molar-refractivity contribution in [3.05, 3.63) is 83.4 Å². The Labute approximate surface area is 240 Å². The monoisotopic (exact) mass is 587 g/mol. The fraction of sp³-hybridized carbons (Fsp3) is 0.310. The molecule has 0 aliphatic heterocycles. The highest BCUT2D eigenvalue weighted by Crippen LogP contribution is 2.33.